The summed E-state index contributed by atoms with van der Waals surface area (Å²) in [5.74, 6) is -0.674. The molecule has 7 nitrogen and oxygen atoms in total. The fourth-order valence-electron chi connectivity index (χ4n) is 3.07. The second kappa shape index (κ2) is 6.79. The number of benzene rings is 3. The Balaban J connectivity index is 1.86. The van der Waals surface area contributed by atoms with Crippen molar-refractivity contribution in [1.82, 2.24) is 4.83 Å². The number of carbonyl (C=O) groups is 1. The van der Waals surface area contributed by atoms with Crippen molar-refractivity contribution in [2.45, 2.75) is 4.90 Å². The lowest BCUT2D eigenvalue weighted by Gasteiger charge is -2.15. The molecule has 0 aliphatic heterocycles. The van der Waals surface area contributed by atoms with E-state index in [1.54, 1.807) is 36.4 Å². The van der Waals surface area contributed by atoms with Crippen LogP contribution in [0.25, 0.3) is 16.3 Å². The SMILES string of the molecule is [N-]=[N+]=C1C(=O)C(=NNS(=O)(=O)c2ccc(Br)cc2)c2cccc3cccc1c23. The molecule has 28 heavy (non-hydrogen) atoms. The molecule has 0 radical (unpaired) electrons. The molecule has 0 unspecified atom stereocenters. The Kier molecular flexibility index (Phi) is 4.43. The molecule has 9 heteroatoms. The van der Waals surface area contributed by atoms with Gasteiger partial charge in [0, 0.05) is 15.4 Å². The summed E-state index contributed by atoms with van der Waals surface area (Å²) in [5.41, 5.74) is 9.96. The van der Waals surface area contributed by atoms with Gasteiger partial charge in [-0.25, -0.2) is 0 Å². The summed E-state index contributed by atoms with van der Waals surface area (Å²) in [6.45, 7) is 0. The quantitative estimate of drug-likeness (QED) is 0.372. The highest BCUT2D eigenvalue weighted by atomic mass is 79.9. The summed E-state index contributed by atoms with van der Waals surface area (Å²) < 4.78 is 25.7. The third-order valence-electron chi connectivity index (χ3n) is 4.35. The Hall–Kier alpha value is -3.13. The van der Waals surface area contributed by atoms with Crippen LogP contribution in [-0.4, -0.2) is 30.4 Å². The topological polar surface area (TPSA) is 112 Å². The number of nitrogens with one attached hydrogen (secondary N) is 1. The smallest absolute Gasteiger partial charge is 0.361 e. The normalized spacial score (nSPS) is 15.0. The van der Waals surface area contributed by atoms with Gasteiger partial charge in [-0.15, -0.1) is 0 Å². The van der Waals surface area contributed by atoms with Gasteiger partial charge in [0.1, 0.15) is 5.71 Å². The molecule has 0 saturated carbocycles. The summed E-state index contributed by atoms with van der Waals surface area (Å²) >= 11 is 3.24. The molecule has 1 aliphatic rings. The van der Waals surface area contributed by atoms with Gasteiger partial charge in [-0.2, -0.15) is 23.1 Å². The Morgan fingerprint density at radius 2 is 1.61 bits per heavy atom. The van der Waals surface area contributed by atoms with Gasteiger partial charge < -0.3 is 5.53 Å². The van der Waals surface area contributed by atoms with Crippen molar-refractivity contribution in [3.8, 4) is 0 Å². The predicted molar refractivity (Wildman–Crippen MR) is 108 cm³/mol. The molecule has 3 aromatic carbocycles. The average Bonchev–Trinajstić information content (AvgIpc) is 2.68. The van der Waals surface area contributed by atoms with Gasteiger partial charge in [0.05, 0.1) is 10.5 Å². The molecule has 0 aromatic heterocycles. The van der Waals surface area contributed by atoms with Crippen LogP contribution in [0.15, 0.2) is 75.1 Å². The molecule has 138 valence electrons. The molecule has 0 saturated heterocycles. The fourth-order valence-corrected chi connectivity index (χ4v) is 4.15. The van der Waals surface area contributed by atoms with Gasteiger partial charge in [0.2, 0.25) is 0 Å². The largest absolute Gasteiger partial charge is 0.372 e. The summed E-state index contributed by atoms with van der Waals surface area (Å²) in [6, 6.07) is 16.5. The summed E-state index contributed by atoms with van der Waals surface area (Å²) in [6.07, 6.45) is 0. The molecule has 1 N–H and O–H groups in total. The molecule has 4 rings (SSSR count). The van der Waals surface area contributed by atoms with E-state index in [2.05, 4.69) is 30.7 Å². The summed E-state index contributed by atoms with van der Waals surface area (Å²) in [7, 11) is -3.98. The number of hydrogen-bond acceptors (Lipinski definition) is 4. The van der Waals surface area contributed by atoms with Gasteiger partial charge in [0.25, 0.3) is 15.8 Å². The van der Waals surface area contributed by atoms with Crippen molar-refractivity contribution >= 4 is 53.9 Å². The fraction of sp³-hybridized carbons (Fsp3) is 0. The first-order valence-corrected chi connectivity index (χ1v) is 10.3. The van der Waals surface area contributed by atoms with Crippen molar-refractivity contribution in [2.75, 3.05) is 0 Å². The van der Waals surface area contributed by atoms with Gasteiger partial charge in [-0.1, -0.05) is 46.3 Å². The predicted octanol–water partition coefficient (Wildman–Crippen LogP) is 2.89. The van der Waals surface area contributed by atoms with E-state index in [0.717, 1.165) is 9.86 Å². The van der Waals surface area contributed by atoms with Crippen molar-refractivity contribution in [3.05, 3.63) is 81.8 Å². The van der Waals surface area contributed by atoms with Gasteiger partial charge in [-0.3, -0.25) is 4.79 Å². The molecular formula is C19H11BrN4O3S. The Morgan fingerprint density at radius 3 is 2.25 bits per heavy atom. The maximum atomic E-state index is 12.8. The van der Waals surface area contributed by atoms with E-state index in [1.807, 2.05) is 12.1 Å². The minimum absolute atomic E-state index is 0.00188. The first kappa shape index (κ1) is 18.2. The number of hydrazone groups is 1. The number of halogens is 1. The minimum atomic E-state index is -3.98. The number of carbonyl (C=O) groups excluding carboxylic acids is 1. The number of sulfonamides is 1. The van der Waals surface area contributed by atoms with Crippen molar-refractivity contribution in [1.29, 1.82) is 0 Å². The third-order valence-corrected chi connectivity index (χ3v) is 6.10. The lowest BCUT2D eigenvalue weighted by atomic mass is 9.85. The lowest BCUT2D eigenvalue weighted by molar-refractivity contribution is -0.111. The van der Waals surface area contributed by atoms with E-state index in [1.165, 1.54) is 12.1 Å². The lowest BCUT2D eigenvalue weighted by Crippen LogP contribution is -2.33. The van der Waals surface area contributed by atoms with E-state index >= 15 is 0 Å². The van der Waals surface area contributed by atoms with E-state index in [-0.39, 0.29) is 16.3 Å². The summed E-state index contributed by atoms with van der Waals surface area (Å²) in [5, 5.41) is 5.36. The molecule has 0 heterocycles. The molecule has 0 fully saturated rings. The van der Waals surface area contributed by atoms with Crippen LogP contribution in [0.1, 0.15) is 11.1 Å². The van der Waals surface area contributed by atoms with Crippen LogP contribution < -0.4 is 4.83 Å². The second-order valence-electron chi connectivity index (χ2n) is 6.00. The van der Waals surface area contributed by atoms with Crippen LogP contribution in [0.2, 0.25) is 0 Å². The monoisotopic (exact) mass is 454 g/mol. The van der Waals surface area contributed by atoms with Crippen LogP contribution in [0.3, 0.4) is 0 Å². The number of Topliss-reactive ketones (excluding diaryl/α,β-unsaturated/α-hetero) is 1. The molecular weight excluding hydrogens is 444 g/mol. The van der Waals surface area contributed by atoms with E-state index in [9.17, 15) is 18.7 Å². The zero-order valence-electron chi connectivity index (χ0n) is 14.1. The number of rotatable bonds is 3. The van der Waals surface area contributed by atoms with Gasteiger partial charge in [-0.05, 0) is 35.7 Å². The first-order valence-electron chi connectivity index (χ1n) is 8.06. The molecule has 0 atom stereocenters. The zero-order chi connectivity index (χ0) is 19.9. The first-order chi connectivity index (χ1) is 13.4. The average molecular weight is 455 g/mol. The third kappa shape index (κ3) is 2.95. The molecule has 0 spiro atoms. The Bertz CT molecular complexity index is 1320. The highest BCUT2D eigenvalue weighted by Crippen LogP contribution is 2.28. The second-order valence-corrected chi connectivity index (χ2v) is 8.57. The van der Waals surface area contributed by atoms with E-state index in [0.29, 0.717) is 16.5 Å². The van der Waals surface area contributed by atoms with Gasteiger partial charge in [0.15, 0.2) is 0 Å². The Morgan fingerprint density at radius 1 is 0.964 bits per heavy atom. The molecule has 1 aliphatic carbocycles. The minimum Gasteiger partial charge on any atom is -0.361 e. The Labute approximate surface area is 168 Å². The van der Waals surface area contributed by atoms with Crippen LogP contribution in [0, 0.1) is 0 Å². The maximum Gasteiger partial charge on any atom is 0.372 e. The number of hydrogen-bond donors (Lipinski definition) is 1. The van der Waals surface area contributed by atoms with Crippen LogP contribution in [-0.2, 0) is 14.8 Å². The molecule has 0 bridgehead atoms. The number of ketones is 1. The van der Waals surface area contributed by atoms with Gasteiger partial charge >= 0.3 is 5.71 Å². The van der Waals surface area contributed by atoms with Crippen molar-refractivity contribution < 1.29 is 18.0 Å². The highest BCUT2D eigenvalue weighted by molar-refractivity contribution is 9.10. The zero-order valence-corrected chi connectivity index (χ0v) is 16.5. The standard InChI is InChI=1S/C19H11BrN4O3S/c20-12-7-9-13(10-8-12)28(26,27)24-23-18-15-6-2-4-11-3-1-5-14(16(11)15)17(22-21)19(18)25/h1-10,24H. The van der Waals surface area contributed by atoms with Crippen LogP contribution in [0.4, 0.5) is 0 Å². The molecule has 0 amide bonds. The summed E-state index contributed by atoms with van der Waals surface area (Å²) in [4.78, 5) is 18.0. The van der Waals surface area contributed by atoms with E-state index in [4.69, 9.17) is 0 Å². The van der Waals surface area contributed by atoms with Crippen LogP contribution >= 0.6 is 15.9 Å². The number of nitrogens with zero attached hydrogens (tertiary/aromatic N) is 3. The maximum absolute atomic E-state index is 12.8. The highest BCUT2D eigenvalue weighted by Gasteiger charge is 2.37. The van der Waals surface area contributed by atoms with E-state index < -0.39 is 15.8 Å². The van der Waals surface area contributed by atoms with Crippen LogP contribution in [0.5, 0.6) is 0 Å². The molecule has 3 aromatic rings. The van der Waals surface area contributed by atoms with Crippen molar-refractivity contribution in [3.63, 3.8) is 0 Å². The van der Waals surface area contributed by atoms with Crippen molar-refractivity contribution in [2.24, 2.45) is 5.10 Å².